The van der Waals surface area contributed by atoms with Crippen molar-refractivity contribution in [3.63, 3.8) is 0 Å². The zero-order valence-corrected chi connectivity index (χ0v) is 9.37. The lowest BCUT2D eigenvalue weighted by Gasteiger charge is -2.12. The number of fused-ring (bicyclic) bond motifs is 1. The molecule has 2 unspecified atom stereocenters. The molecule has 0 saturated heterocycles. The number of carboxylic acids is 1. The van der Waals surface area contributed by atoms with Crippen molar-refractivity contribution in [2.75, 3.05) is 0 Å². The van der Waals surface area contributed by atoms with Gasteiger partial charge in [-0.3, -0.25) is 4.79 Å². The highest BCUT2D eigenvalue weighted by Gasteiger charge is 2.35. The number of aryl methyl sites for hydroxylation is 2. The van der Waals surface area contributed by atoms with E-state index >= 15 is 0 Å². The second-order valence-corrected chi connectivity index (χ2v) is 4.55. The predicted molar refractivity (Wildman–Crippen MR) is 59.3 cm³/mol. The van der Waals surface area contributed by atoms with Gasteiger partial charge in [0.1, 0.15) is 0 Å². The van der Waals surface area contributed by atoms with Crippen molar-refractivity contribution >= 4 is 5.97 Å². The minimum atomic E-state index is -0.686. The number of benzene rings is 1. The molecule has 0 bridgehead atoms. The Morgan fingerprint density at radius 1 is 1.27 bits per heavy atom. The van der Waals surface area contributed by atoms with Gasteiger partial charge in [-0.15, -0.1) is 0 Å². The topological polar surface area (TPSA) is 37.3 Å². The molecule has 80 valence electrons. The average molecular weight is 204 g/mol. The van der Waals surface area contributed by atoms with Gasteiger partial charge in [0.2, 0.25) is 0 Å². The molecule has 2 nitrogen and oxygen atoms in total. The molecule has 2 atom stereocenters. The number of carboxylic acid groups (broad SMARTS) is 1. The summed E-state index contributed by atoms with van der Waals surface area (Å²) in [5.74, 6) is -0.606. The number of rotatable bonds is 1. The van der Waals surface area contributed by atoms with E-state index in [0.29, 0.717) is 5.92 Å². The SMILES string of the molecule is Cc1ccc(C)c2c1C(C)CC2C(=O)O. The van der Waals surface area contributed by atoms with Gasteiger partial charge < -0.3 is 5.11 Å². The third-order valence-corrected chi connectivity index (χ3v) is 3.45. The van der Waals surface area contributed by atoms with Crippen LogP contribution in [0.1, 0.15) is 47.4 Å². The molecule has 1 N–H and O–H groups in total. The largest absolute Gasteiger partial charge is 0.481 e. The van der Waals surface area contributed by atoms with E-state index in [2.05, 4.69) is 19.9 Å². The van der Waals surface area contributed by atoms with Crippen LogP contribution in [0.25, 0.3) is 0 Å². The van der Waals surface area contributed by atoms with E-state index in [1.165, 1.54) is 11.1 Å². The van der Waals surface area contributed by atoms with Crippen LogP contribution in [0.2, 0.25) is 0 Å². The molecule has 0 saturated carbocycles. The van der Waals surface area contributed by atoms with E-state index in [0.717, 1.165) is 17.5 Å². The summed E-state index contributed by atoms with van der Waals surface area (Å²) in [6.45, 7) is 6.19. The second kappa shape index (κ2) is 3.37. The Bertz CT molecular complexity index is 421. The standard InChI is InChI=1S/C13H16O2/c1-7-4-5-8(2)12-10(13(14)15)6-9(3)11(7)12/h4-5,9-10H,6H2,1-3H3,(H,14,15). The van der Waals surface area contributed by atoms with E-state index in [1.807, 2.05) is 13.0 Å². The fraction of sp³-hybridized carbons (Fsp3) is 0.462. The molecule has 0 radical (unpaired) electrons. The molecule has 0 fully saturated rings. The predicted octanol–water partition coefficient (Wildman–Crippen LogP) is 2.98. The molecule has 2 heteroatoms. The molecular formula is C13H16O2. The van der Waals surface area contributed by atoms with Crippen molar-refractivity contribution in [1.29, 1.82) is 0 Å². The van der Waals surface area contributed by atoms with Crippen LogP contribution in [0.15, 0.2) is 12.1 Å². The first-order valence-electron chi connectivity index (χ1n) is 5.35. The van der Waals surface area contributed by atoms with Gasteiger partial charge in [-0.05, 0) is 48.4 Å². The number of hydrogen-bond acceptors (Lipinski definition) is 1. The fourth-order valence-corrected chi connectivity index (χ4v) is 2.78. The molecule has 1 aromatic carbocycles. The molecule has 2 rings (SSSR count). The van der Waals surface area contributed by atoms with Crippen LogP contribution in [-0.4, -0.2) is 11.1 Å². The van der Waals surface area contributed by atoms with Gasteiger partial charge in [0.05, 0.1) is 5.92 Å². The monoisotopic (exact) mass is 204 g/mol. The van der Waals surface area contributed by atoms with E-state index in [9.17, 15) is 9.90 Å². The molecule has 1 aliphatic carbocycles. The normalized spacial score (nSPS) is 23.9. The second-order valence-electron chi connectivity index (χ2n) is 4.55. The van der Waals surface area contributed by atoms with Gasteiger partial charge >= 0.3 is 5.97 Å². The van der Waals surface area contributed by atoms with E-state index in [-0.39, 0.29) is 5.92 Å². The van der Waals surface area contributed by atoms with Gasteiger partial charge in [0.15, 0.2) is 0 Å². The zero-order chi connectivity index (χ0) is 11.2. The highest BCUT2D eigenvalue weighted by Crippen LogP contribution is 2.44. The lowest BCUT2D eigenvalue weighted by Crippen LogP contribution is -2.09. The van der Waals surface area contributed by atoms with Crippen molar-refractivity contribution in [3.05, 3.63) is 34.4 Å². The molecule has 0 amide bonds. The van der Waals surface area contributed by atoms with E-state index in [4.69, 9.17) is 0 Å². The van der Waals surface area contributed by atoms with Crippen molar-refractivity contribution in [2.24, 2.45) is 0 Å². The lowest BCUT2D eigenvalue weighted by atomic mass is 9.93. The Balaban J connectivity index is 2.64. The summed E-state index contributed by atoms with van der Waals surface area (Å²) in [4.78, 5) is 11.2. The van der Waals surface area contributed by atoms with Gasteiger partial charge in [0, 0.05) is 0 Å². The van der Waals surface area contributed by atoms with Crippen LogP contribution in [0, 0.1) is 13.8 Å². The maximum Gasteiger partial charge on any atom is 0.311 e. The van der Waals surface area contributed by atoms with Crippen LogP contribution in [0.3, 0.4) is 0 Å². The Labute approximate surface area is 89.9 Å². The molecule has 0 aliphatic heterocycles. The highest BCUT2D eigenvalue weighted by molar-refractivity contribution is 5.79. The molecule has 0 spiro atoms. The highest BCUT2D eigenvalue weighted by atomic mass is 16.4. The van der Waals surface area contributed by atoms with Crippen LogP contribution in [0.4, 0.5) is 0 Å². The Morgan fingerprint density at radius 3 is 2.33 bits per heavy atom. The number of hydrogen-bond donors (Lipinski definition) is 1. The maximum atomic E-state index is 11.2. The summed E-state index contributed by atoms with van der Waals surface area (Å²) in [6.07, 6.45) is 0.746. The molecule has 1 aliphatic rings. The molecule has 1 aromatic rings. The van der Waals surface area contributed by atoms with E-state index < -0.39 is 5.97 Å². The fourth-order valence-electron chi connectivity index (χ4n) is 2.78. The first-order valence-corrected chi connectivity index (χ1v) is 5.35. The molecule has 0 heterocycles. The quantitative estimate of drug-likeness (QED) is 0.763. The Kier molecular flexibility index (Phi) is 2.29. The average Bonchev–Trinajstić information content (AvgIpc) is 2.51. The summed E-state index contributed by atoms with van der Waals surface area (Å²) in [5.41, 5.74) is 4.68. The van der Waals surface area contributed by atoms with Crippen LogP contribution in [0.5, 0.6) is 0 Å². The third kappa shape index (κ3) is 1.44. The van der Waals surface area contributed by atoms with Gasteiger partial charge in [-0.25, -0.2) is 0 Å². The summed E-state index contributed by atoms with van der Waals surface area (Å²) in [7, 11) is 0. The minimum absolute atomic E-state index is 0.296. The van der Waals surface area contributed by atoms with Gasteiger partial charge in [0.25, 0.3) is 0 Å². The van der Waals surface area contributed by atoms with Crippen LogP contribution < -0.4 is 0 Å². The third-order valence-electron chi connectivity index (χ3n) is 3.45. The van der Waals surface area contributed by atoms with Gasteiger partial charge in [-0.2, -0.15) is 0 Å². The Hall–Kier alpha value is -1.31. The van der Waals surface area contributed by atoms with Crippen LogP contribution >= 0.6 is 0 Å². The molecule has 15 heavy (non-hydrogen) atoms. The van der Waals surface area contributed by atoms with Crippen molar-refractivity contribution in [2.45, 2.75) is 39.0 Å². The Morgan fingerprint density at radius 2 is 1.80 bits per heavy atom. The van der Waals surface area contributed by atoms with Crippen molar-refractivity contribution in [3.8, 4) is 0 Å². The lowest BCUT2D eigenvalue weighted by molar-refractivity contribution is -0.138. The first kappa shape index (κ1) is 10.2. The number of carbonyl (C=O) groups is 1. The maximum absolute atomic E-state index is 11.2. The smallest absolute Gasteiger partial charge is 0.311 e. The molecular weight excluding hydrogens is 188 g/mol. The summed E-state index contributed by atoms with van der Waals surface area (Å²) in [6, 6.07) is 4.12. The van der Waals surface area contributed by atoms with Crippen molar-refractivity contribution in [1.82, 2.24) is 0 Å². The van der Waals surface area contributed by atoms with Crippen LogP contribution in [-0.2, 0) is 4.79 Å². The molecule has 0 aromatic heterocycles. The summed E-state index contributed by atoms with van der Waals surface area (Å²) >= 11 is 0. The van der Waals surface area contributed by atoms with Crippen molar-refractivity contribution < 1.29 is 9.90 Å². The van der Waals surface area contributed by atoms with E-state index in [1.54, 1.807) is 0 Å². The first-order chi connectivity index (χ1) is 7.02. The minimum Gasteiger partial charge on any atom is -0.481 e. The summed E-state index contributed by atoms with van der Waals surface area (Å²) < 4.78 is 0. The zero-order valence-electron chi connectivity index (χ0n) is 9.37. The van der Waals surface area contributed by atoms with Gasteiger partial charge in [-0.1, -0.05) is 19.1 Å². The number of aliphatic carboxylic acids is 1. The summed E-state index contributed by atoms with van der Waals surface area (Å²) in [5, 5.41) is 9.19.